The Morgan fingerprint density at radius 3 is 2.93 bits per heavy atom. The lowest BCUT2D eigenvalue weighted by molar-refractivity contribution is 0.685. The summed E-state index contributed by atoms with van der Waals surface area (Å²) in [6.45, 7) is 1.97. The van der Waals surface area contributed by atoms with Crippen LogP contribution in [0.2, 0.25) is 0 Å². The van der Waals surface area contributed by atoms with E-state index >= 15 is 0 Å². The van der Waals surface area contributed by atoms with Crippen molar-refractivity contribution in [1.29, 1.82) is 0 Å². The Bertz CT molecular complexity index is 324. The number of nitrogens with zero attached hydrogens (tertiary/aromatic N) is 3. The number of nitrogens with one attached hydrogen (secondary N) is 1. The maximum atomic E-state index is 5.97. The van der Waals surface area contributed by atoms with Gasteiger partial charge in [-0.05, 0) is 19.8 Å². The molecule has 0 saturated heterocycles. The molecule has 1 aromatic rings. The molecule has 0 amide bonds. The van der Waals surface area contributed by atoms with Gasteiger partial charge in [0.15, 0.2) is 0 Å². The highest BCUT2D eigenvalue weighted by Gasteiger charge is 2.19. The number of hydrogen-bond donors (Lipinski definition) is 2. The summed E-state index contributed by atoms with van der Waals surface area (Å²) in [4.78, 5) is 8.53. The van der Waals surface area contributed by atoms with Gasteiger partial charge in [-0.15, -0.1) is 0 Å². The molecule has 1 saturated carbocycles. The van der Waals surface area contributed by atoms with Crippen LogP contribution in [0.3, 0.4) is 0 Å². The van der Waals surface area contributed by atoms with Crippen molar-refractivity contribution in [2.24, 2.45) is 16.6 Å². The quantitative estimate of drug-likeness (QED) is 0.581. The molecular formula is C10H17N5. The molecule has 1 aliphatic rings. The minimum absolute atomic E-state index is 0.0203. The lowest BCUT2D eigenvalue weighted by atomic mass is 10.1. The van der Waals surface area contributed by atoms with Crippen LogP contribution in [0.1, 0.15) is 44.5 Å². The van der Waals surface area contributed by atoms with Gasteiger partial charge < -0.3 is 5.73 Å². The molecule has 1 fully saturated rings. The molecule has 1 unspecified atom stereocenters. The van der Waals surface area contributed by atoms with Crippen LogP contribution in [0.15, 0.2) is 11.3 Å². The Balaban J connectivity index is 2.02. The number of aliphatic imine (C=N–C) groups is 1. The number of aromatic nitrogens is 3. The van der Waals surface area contributed by atoms with E-state index in [1.165, 1.54) is 32.0 Å². The molecule has 1 heterocycles. The Kier molecular flexibility index (Phi) is 2.99. The van der Waals surface area contributed by atoms with E-state index in [1.807, 2.05) is 6.92 Å². The number of aromatic amines is 1. The van der Waals surface area contributed by atoms with Gasteiger partial charge in [-0.1, -0.05) is 12.8 Å². The molecule has 1 aromatic heterocycles. The first kappa shape index (κ1) is 10.1. The predicted octanol–water partition coefficient (Wildman–Crippen LogP) is 1.41. The third-order valence-electron chi connectivity index (χ3n) is 2.95. The topological polar surface area (TPSA) is 79.9 Å². The van der Waals surface area contributed by atoms with Gasteiger partial charge in [0.2, 0.25) is 0 Å². The second kappa shape index (κ2) is 4.42. The van der Waals surface area contributed by atoms with E-state index in [2.05, 4.69) is 20.2 Å². The molecule has 3 N–H and O–H groups in total. The summed E-state index contributed by atoms with van der Waals surface area (Å²) in [6.07, 6.45) is 6.40. The van der Waals surface area contributed by atoms with Crippen LogP contribution >= 0.6 is 0 Å². The first-order chi connectivity index (χ1) is 7.27. The van der Waals surface area contributed by atoms with Crippen LogP contribution in [-0.4, -0.2) is 21.0 Å². The number of amidine groups is 1. The van der Waals surface area contributed by atoms with Crippen molar-refractivity contribution in [3.05, 3.63) is 12.2 Å². The van der Waals surface area contributed by atoms with Gasteiger partial charge in [-0.2, -0.15) is 5.10 Å². The summed E-state index contributed by atoms with van der Waals surface area (Å²) in [5.41, 5.74) is 5.97. The zero-order chi connectivity index (χ0) is 10.7. The van der Waals surface area contributed by atoms with E-state index in [-0.39, 0.29) is 6.04 Å². The first-order valence-corrected chi connectivity index (χ1v) is 5.46. The molecule has 0 aromatic carbocycles. The first-order valence-electron chi connectivity index (χ1n) is 5.46. The highest BCUT2D eigenvalue weighted by Crippen LogP contribution is 2.25. The van der Waals surface area contributed by atoms with Crippen LogP contribution in [0.4, 0.5) is 0 Å². The molecule has 15 heavy (non-hydrogen) atoms. The fourth-order valence-corrected chi connectivity index (χ4v) is 2.03. The second-order valence-corrected chi connectivity index (χ2v) is 4.08. The van der Waals surface area contributed by atoms with Crippen molar-refractivity contribution in [3.8, 4) is 0 Å². The van der Waals surface area contributed by atoms with Gasteiger partial charge in [-0.3, -0.25) is 10.1 Å². The minimum atomic E-state index is -0.0203. The van der Waals surface area contributed by atoms with Crippen LogP contribution in [-0.2, 0) is 0 Å². The Morgan fingerprint density at radius 1 is 1.60 bits per heavy atom. The van der Waals surface area contributed by atoms with E-state index in [4.69, 9.17) is 5.73 Å². The fraction of sp³-hybridized carbons (Fsp3) is 0.700. The molecule has 1 atom stereocenters. The molecule has 5 heteroatoms. The van der Waals surface area contributed by atoms with E-state index in [9.17, 15) is 0 Å². The van der Waals surface area contributed by atoms with Crippen LogP contribution in [0.5, 0.6) is 0 Å². The van der Waals surface area contributed by atoms with Crippen LogP contribution < -0.4 is 5.73 Å². The highest BCUT2D eigenvalue weighted by molar-refractivity contribution is 5.83. The summed E-state index contributed by atoms with van der Waals surface area (Å²) < 4.78 is 0. The lowest BCUT2D eigenvalue weighted by Crippen LogP contribution is -2.22. The second-order valence-electron chi connectivity index (χ2n) is 4.08. The Hall–Kier alpha value is -1.39. The largest absolute Gasteiger partial charge is 0.387 e. The predicted molar refractivity (Wildman–Crippen MR) is 58.4 cm³/mol. The normalized spacial score (nSPS) is 20.7. The lowest BCUT2D eigenvalue weighted by Gasteiger charge is -2.10. The highest BCUT2D eigenvalue weighted by atomic mass is 15.2. The van der Waals surface area contributed by atoms with Crippen molar-refractivity contribution < 1.29 is 0 Å². The third-order valence-corrected chi connectivity index (χ3v) is 2.95. The van der Waals surface area contributed by atoms with Gasteiger partial charge in [0.05, 0.1) is 5.84 Å². The maximum Gasteiger partial charge on any atom is 0.148 e. The molecule has 5 nitrogen and oxygen atoms in total. The number of H-pyrrole nitrogens is 1. The van der Waals surface area contributed by atoms with E-state index < -0.39 is 0 Å². The summed E-state index contributed by atoms with van der Waals surface area (Å²) in [5.74, 6) is 2.03. The fourth-order valence-electron chi connectivity index (χ4n) is 2.03. The van der Waals surface area contributed by atoms with Crippen molar-refractivity contribution in [2.45, 2.75) is 38.6 Å². The van der Waals surface area contributed by atoms with Gasteiger partial charge in [0.1, 0.15) is 18.2 Å². The smallest absolute Gasteiger partial charge is 0.148 e. The van der Waals surface area contributed by atoms with Crippen LogP contribution in [0, 0.1) is 5.92 Å². The van der Waals surface area contributed by atoms with E-state index in [1.54, 1.807) is 0 Å². The minimum Gasteiger partial charge on any atom is -0.387 e. The average Bonchev–Trinajstić information content (AvgIpc) is 2.91. The Labute approximate surface area is 89.2 Å². The summed E-state index contributed by atoms with van der Waals surface area (Å²) >= 11 is 0. The standard InChI is InChI=1S/C10H17N5/c1-7(10-12-6-13-15-10)14-9(11)8-4-2-3-5-8/h6-8H,2-5H2,1H3,(H2,11,14)(H,12,13,15). The van der Waals surface area contributed by atoms with Crippen molar-refractivity contribution in [1.82, 2.24) is 15.2 Å². The van der Waals surface area contributed by atoms with E-state index in [0.29, 0.717) is 5.92 Å². The SMILES string of the molecule is CC(N=C(N)C1CCCC1)c1ncn[nH]1. The van der Waals surface area contributed by atoms with E-state index in [0.717, 1.165) is 11.7 Å². The summed E-state index contributed by atoms with van der Waals surface area (Å²) in [7, 11) is 0. The molecule has 1 aliphatic carbocycles. The summed E-state index contributed by atoms with van der Waals surface area (Å²) in [6, 6.07) is -0.0203. The van der Waals surface area contributed by atoms with Gasteiger partial charge in [0, 0.05) is 5.92 Å². The van der Waals surface area contributed by atoms with Crippen LogP contribution in [0.25, 0.3) is 0 Å². The maximum absolute atomic E-state index is 5.97. The number of rotatable bonds is 3. The molecule has 2 rings (SSSR count). The van der Waals surface area contributed by atoms with Crippen molar-refractivity contribution in [3.63, 3.8) is 0 Å². The third kappa shape index (κ3) is 2.34. The Morgan fingerprint density at radius 2 is 2.33 bits per heavy atom. The molecular weight excluding hydrogens is 190 g/mol. The molecule has 0 radical (unpaired) electrons. The zero-order valence-electron chi connectivity index (χ0n) is 8.98. The monoisotopic (exact) mass is 207 g/mol. The zero-order valence-corrected chi connectivity index (χ0v) is 8.98. The summed E-state index contributed by atoms with van der Waals surface area (Å²) in [5, 5.41) is 6.61. The molecule has 0 bridgehead atoms. The number of hydrogen-bond acceptors (Lipinski definition) is 3. The van der Waals surface area contributed by atoms with Gasteiger partial charge >= 0.3 is 0 Å². The van der Waals surface area contributed by atoms with Gasteiger partial charge in [-0.25, -0.2) is 4.98 Å². The molecule has 0 spiro atoms. The average molecular weight is 207 g/mol. The van der Waals surface area contributed by atoms with Crippen molar-refractivity contribution >= 4 is 5.84 Å². The number of nitrogens with two attached hydrogens (primary N) is 1. The molecule has 82 valence electrons. The molecule has 0 aliphatic heterocycles. The van der Waals surface area contributed by atoms with Gasteiger partial charge in [0.25, 0.3) is 0 Å². The van der Waals surface area contributed by atoms with Crippen molar-refractivity contribution in [2.75, 3.05) is 0 Å².